The van der Waals surface area contributed by atoms with Gasteiger partial charge >= 0.3 is 6.03 Å². The van der Waals surface area contributed by atoms with Crippen molar-refractivity contribution in [2.75, 3.05) is 13.1 Å². The molecule has 0 aliphatic carbocycles. The van der Waals surface area contributed by atoms with Gasteiger partial charge in [-0.25, -0.2) is 9.18 Å². The zero-order valence-electron chi connectivity index (χ0n) is 12.7. The number of hydrogen-bond donors (Lipinski definition) is 3. The fourth-order valence-corrected chi connectivity index (χ4v) is 2.58. The van der Waals surface area contributed by atoms with E-state index in [-0.39, 0.29) is 24.9 Å². The van der Waals surface area contributed by atoms with E-state index in [0.29, 0.717) is 0 Å². The summed E-state index contributed by atoms with van der Waals surface area (Å²) >= 11 is 1.48. The molecule has 124 valence electrons. The van der Waals surface area contributed by atoms with Gasteiger partial charge in [0.05, 0.1) is 12.6 Å². The highest BCUT2D eigenvalue weighted by Gasteiger charge is 2.12. The number of rotatable bonds is 7. The molecule has 7 heteroatoms. The van der Waals surface area contributed by atoms with Crippen LogP contribution < -0.4 is 15.4 Å². The van der Waals surface area contributed by atoms with Crippen molar-refractivity contribution in [2.24, 2.45) is 0 Å². The van der Waals surface area contributed by atoms with Gasteiger partial charge in [-0.3, -0.25) is 0 Å². The van der Waals surface area contributed by atoms with Crippen molar-refractivity contribution in [3.63, 3.8) is 0 Å². The molecule has 1 heterocycles. The normalized spacial score (nSPS) is 13.2. The Bertz CT molecular complexity index is 622. The molecule has 2 amide bonds. The molecule has 0 spiro atoms. The average molecular weight is 338 g/mol. The Morgan fingerprint density at radius 1 is 1.30 bits per heavy atom. The zero-order chi connectivity index (χ0) is 16.7. The second-order valence-corrected chi connectivity index (χ2v) is 5.80. The van der Waals surface area contributed by atoms with E-state index >= 15 is 0 Å². The molecule has 0 aliphatic rings. The molecule has 0 unspecified atom stereocenters. The largest absolute Gasteiger partial charge is 0.486 e. The average Bonchev–Trinajstić information content (AvgIpc) is 3.07. The molecule has 23 heavy (non-hydrogen) atoms. The topological polar surface area (TPSA) is 70.6 Å². The number of amides is 2. The van der Waals surface area contributed by atoms with Crippen molar-refractivity contribution in [1.29, 1.82) is 0 Å². The van der Waals surface area contributed by atoms with E-state index in [2.05, 4.69) is 10.6 Å². The van der Waals surface area contributed by atoms with Crippen LogP contribution in [0.25, 0.3) is 0 Å². The lowest BCUT2D eigenvalue weighted by atomic mass is 10.2. The molecular weight excluding hydrogens is 319 g/mol. The quantitative estimate of drug-likeness (QED) is 0.727. The molecule has 3 N–H and O–H groups in total. The standard InChI is InChI=1S/C16H19FN2O3S/c1-11(22-15-5-3-2-4-13(15)17)8-18-16(21)19-9-14(20)12-6-7-23-10-12/h2-7,10-11,14,20H,8-9H2,1H3,(H2,18,19,21)/t11-,14-/m0/s1. The fourth-order valence-electron chi connectivity index (χ4n) is 1.87. The van der Waals surface area contributed by atoms with Crippen molar-refractivity contribution < 1.29 is 19.0 Å². The third kappa shape index (κ3) is 5.54. The van der Waals surface area contributed by atoms with Crippen LogP contribution in [-0.4, -0.2) is 30.3 Å². The highest BCUT2D eigenvalue weighted by atomic mass is 32.1. The maximum atomic E-state index is 13.4. The van der Waals surface area contributed by atoms with E-state index in [0.717, 1.165) is 5.56 Å². The number of nitrogens with one attached hydrogen (secondary N) is 2. The number of halogens is 1. The molecule has 0 saturated heterocycles. The predicted molar refractivity (Wildman–Crippen MR) is 87.2 cm³/mol. The number of urea groups is 1. The molecule has 2 rings (SSSR count). The number of carbonyl (C=O) groups excluding carboxylic acids is 1. The first-order valence-electron chi connectivity index (χ1n) is 7.19. The van der Waals surface area contributed by atoms with Crippen molar-refractivity contribution >= 4 is 17.4 Å². The molecule has 0 bridgehead atoms. The number of aliphatic hydroxyl groups excluding tert-OH is 1. The highest BCUT2D eigenvalue weighted by Crippen LogP contribution is 2.17. The zero-order valence-corrected chi connectivity index (χ0v) is 13.5. The van der Waals surface area contributed by atoms with E-state index in [4.69, 9.17) is 4.74 Å². The third-order valence-electron chi connectivity index (χ3n) is 3.10. The minimum absolute atomic E-state index is 0.116. The number of para-hydroxylation sites is 1. The molecular formula is C16H19FN2O3S. The Morgan fingerprint density at radius 3 is 2.74 bits per heavy atom. The molecule has 1 aromatic carbocycles. The summed E-state index contributed by atoms with van der Waals surface area (Å²) in [6.45, 7) is 2.06. The fraction of sp³-hybridized carbons (Fsp3) is 0.312. The molecule has 0 aliphatic heterocycles. The second kappa shape index (κ2) is 8.50. The van der Waals surface area contributed by atoms with E-state index in [1.807, 2.05) is 10.8 Å². The third-order valence-corrected chi connectivity index (χ3v) is 3.80. The number of hydrogen-bond acceptors (Lipinski definition) is 4. The summed E-state index contributed by atoms with van der Waals surface area (Å²) in [6.07, 6.45) is -1.13. The Kier molecular flexibility index (Phi) is 6.37. The lowest BCUT2D eigenvalue weighted by Gasteiger charge is -2.17. The van der Waals surface area contributed by atoms with Gasteiger partial charge in [0.25, 0.3) is 0 Å². The first kappa shape index (κ1) is 17.2. The smallest absolute Gasteiger partial charge is 0.315 e. The van der Waals surface area contributed by atoms with E-state index in [9.17, 15) is 14.3 Å². The van der Waals surface area contributed by atoms with E-state index in [1.54, 1.807) is 25.1 Å². The summed E-state index contributed by atoms with van der Waals surface area (Å²) in [6, 6.07) is 7.49. The SMILES string of the molecule is C[C@@H](CNC(=O)NC[C@H](O)c1ccsc1)Oc1ccccc1F. The van der Waals surface area contributed by atoms with Crippen LogP contribution in [0.4, 0.5) is 9.18 Å². The molecule has 5 nitrogen and oxygen atoms in total. The summed E-state index contributed by atoms with van der Waals surface area (Å²) in [5.41, 5.74) is 0.770. The minimum Gasteiger partial charge on any atom is -0.486 e. The van der Waals surface area contributed by atoms with Crippen LogP contribution in [0.2, 0.25) is 0 Å². The number of aliphatic hydroxyl groups is 1. The van der Waals surface area contributed by atoms with Crippen LogP contribution in [0.1, 0.15) is 18.6 Å². The van der Waals surface area contributed by atoms with Gasteiger partial charge < -0.3 is 20.5 Å². The van der Waals surface area contributed by atoms with Gasteiger partial charge in [-0.05, 0) is 41.4 Å². The van der Waals surface area contributed by atoms with Crippen molar-refractivity contribution in [3.8, 4) is 5.75 Å². The van der Waals surface area contributed by atoms with Crippen LogP contribution >= 0.6 is 11.3 Å². The van der Waals surface area contributed by atoms with Gasteiger partial charge in [0.2, 0.25) is 0 Å². The van der Waals surface area contributed by atoms with Gasteiger partial charge in [-0.15, -0.1) is 0 Å². The van der Waals surface area contributed by atoms with Crippen LogP contribution in [-0.2, 0) is 0 Å². The second-order valence-electron chi connectivity index (χ2n) is 5.02. The molecule has 1 aromatic heterocycles. The number of benzene rings is 1. The number of ether oxygens (including phenoxy) is 1. The van der Waals surface area contributed by atoms with Crippen molar-refractivity contribution in [2.45, 2.75) is 19.1 Å². The summed E-state index contributed by atoms with van der Waals surface area (Å²) in [4.78, 5) is 11.7. The summed E-state index contributed by atoms with van der Waals surface area (Å²) in [5.74, 6) is -0.294. The summed E-state index contributed by atoms with van der Waals surface area (Å²) < 4.78 is 18.9. The predicted octanol–water partition coefficient (Wildman–Crippen LogP) is 2.69. The lowest BCUT2D eigenvalue weighted by Crippen LogP contribution is -2.41. The van der Waals surface area contributed by atoms with Gasteiger partial charge in [0, 0.05) is 6.54 Å². The van der Waals surface area contributed by atoms with E-state index < -0.39 is 18.0 Å². The molecule has 0 radical (unpaired) electrons. The van der Waals surface area contributed by atoms with Crippen molar-refractivity contribution in [1.82, 2.24) is 10.6 Å². The summed E-state index contributed by atoms with van der Waals surface area (Å²) in [5, 5.41) is 18.7. The van der Waals surface area contributed by atoms with E-state index in [1.165, 1.54) is 23.5 Å². The van der Waals surface area contributed by atoms with Crippen LogP contribution in [0.3, 0.4) is 0 Å². The van der Waals surface area contributed by atoms with Crippen LogP contribution in [0, 0.1) is 5.82 Å². The minimum atomic E-state index is -0.737. The molecule has 0 saturated carbocycles. The Labute approximate surface area is 138 Å². The maximum absolute atomic E-state index is 13.4. The molecule has 2 aromatic rings. The van der Waals surface area contributed by atoms with Crippen LogP contribution in [0.15, 0.2) is 41.1 Å². The van der Waals surface area contributed by atoms with Crippen molar-refractivity contribution in [3.05, 3.63) is 52.5 Å². The van der Waals surface area contributed by atoms with Gasteiger partial charge in [0.1, 0.15) is 6.10 Å². The lowest BCUT2D eigenvalue weighted by molar-refractivity contribution is 0.171. The monoisotopic (exact) mass is 338 g/mol. The Hall–Kier alpha value is -2.12. The van der Waals surface area contributed by atoms with Gasteiger partial charge in [0.15, 0.2) is 11.6 Å². The Morgan fingerprint density at radius 2 is 2.04 bits per heavy atom. The van der Waals surface area contributed by atoms with Gasteiger partial charge in [-0.1, -0.05) is 12.1 Å². The molecule has 0 fully saturated rings. The Balaban J connectivity index is 1.68. The van der Waals surface area contributed by atoms with Gasteiger partial charge in [-0.2, -0.15) is 11.3 Å². The first-order valence-corrected chi connectivity index (χ1v) is 8.13. The maximum Gasteiger partial charge on any atom is 0.315 e. The van der Waals surface area contributed by atoms with Crippen LogP contribution in [0.5, 0.6) is 5.75 Å². The molecule has 2 atom stereocenters. The highest BCUT2D eigenvalue weighted by molar-refractivity contribution is 7.07. The summed E-state index contributed by atoms with van der Waals surface area (Å²) in [7, 11) is 0. The number of carbonyl (C=O) groups is 1. The first-order chi connectivity index (χ1) is 11.1. The number of thiophene rings is 1.